The topological polar surface area (TPSA) is 79.9 Å². The first-order valence-electron chi connectivity index (χ1n) is 8.66. The van der Waals surface area contributed by atoms with Crippen molar-refractivity contribution in [2.24, 2.45) is 0 Å². The number of nitrogens with one attached hydrogen (secondary N) is 2. The SMILES string of the molecule is COc1ccc(N2C[C@@H](NC(=O)Nc3cccc(C)c3)CC2=O)cc1OC. The highest BCUT2D eigenvalue weighted by atomic mass is 16.5. The van der Waals surface area contributed by atoms with Gasteiger partial charge < -0.3 is 25.0 Å². The molecule has 7 nitrogen and oxygen atoms in total. The molecule has 2 aromatic rings. The van der Waals surface area contributed by atoms with Crippen LogP contribution >= 0.6 is 0 Å². The van der Waals surface area contributed by atoms with Gasteiger partial charge in [-0.3, -0.25) is 4.79 Å². The number of anilines is 2. The van der Waals surface area contributed by atoms with E-state index in [-0.39, 0.29) is 24.4 Å². The summed E-state index contributed by atoms with van der Waals surface area (Å²) in [5.74, 6) is 1.10. The Labute approximate surface area is 158 Å². The summed E-state index contributed by atoms with van der Waals surface area (Å²) in [4.78, 5) is 26.3. The zero-order chi connectivity index (χ0) is 19.4. The van der Waals surface area contributed by atoms with Gasteiger partial charge in [0.25, 0.3) is 0 Å². The van der Waals surface area contributed by atoms with E-state index in [4.69, 9.17) is 9.47 Å². The Balaban J connectivity index is 1.64. The predicted molar refractivity (Wildman–Crippen MR) is 104 cm³/mol. The number of urea groups is 1. The minimum Gasteiger partial charge on any atom is -0.493 e. The van der Waals surface area contributed by atoms with Crippen molar-refractivity contribution in [3.05, 3.63) is 48.0 Å². The highest BCUT2D eigenvalue weighted by Gasteiger charge is 2.32. The van der Waals surface area contributed by atoms with Crippen molar-refractivity contribution in [2.75, 3.05) is 31.0 Å². The molecule has 0 aliphatic carbocycles. The lowest BCUT2D eigenvalue weighted by molar-refractivity contribution is -0.117. The molecule has 3 amide bonds. The minimum absolute atomic E-state index is 0.0527. The van der Waals surface area contributed by atoms with Gasteiger partial charge in [0.05, 0.1) is 20.3 Å². The lowest BCUT2D eigenvalue weighted by Gasteiger charge is -2.19. The zero-order valence-electron chi connectivity index (χ0n) is 15.6. The van der Waals surface area contributed by atoms with E-state index in [1.54, 1.807) is 37.3 Å². The smallest absolute Gasteiger partial charge is 0.319 e. The van der Waals surface area contributed by atoms with E-state index in [1.165, 1.54) is 0 Å². The fourth-order valence-corrected chi connectivity index (χ4v) is 3.12. The van der Waals surface area contributed by atoms with Gasteiger partial charge in [-0.15, -0.1) is 0 Å². The molecule has 2 aromatic carbocycles. The van der Waals surface area contributed by atoms with Crippen LogP contribution in [-0.2, 0) is 4.79 Å². The Bertz CT molecular complexity index is 853. The lowest BCUT2D eigenvalue weighted by Crippen LogP contribution is -2.39. The molecule has 0 saturated carbocycles. The van der Waals surface area contributed by atoms with Crippen LogP contribution in [0.1, 0.15) is 12.0 Å². The van der Waals surface area contributed by atoms with Gasteiger partial charge in [0.2, 0.25) is 5.91 Å². The number of nitrogens with zero attached hydrogens (tertiary/aromatic N) is 1. The molecular weight excluding hydrogens is 346 g/mol. The average Bonchev–Trinajstić information content (AvgIpc) is 3.01. The Morgan fingerprint density at radius 3 is 2.59 bits per heavy atom. The second-order valence-electron chi connectivity index (χ2n) is 6.41. The fraction of sp³-hybridized carbons (Fsp3) is 0.300. The summed E-state index contributed by atoms with van der Waals surface area (Å²) in [7, 11) is 3.11. The largest absolute Gasteiger partial charge is 0.493 e. The van der Waals surface area contributed by atoms with Crippen LogP contribution in [-0.4, -0.2) is 38.7 Å². The number of carbonyl (C=O) groups excluding carboxylic acids is 2. The van der Waals surface area contributed by atoms with Crippen LogP contribution in [0.2, 0.25) is 0 Å². The number of methoxy groups -OCH3 is 2. The van der Waals surface area contributed by atoms with E-state index in [0.717, 1.165) is 5.56 Å². The molecule has 1 fully saturated rings. The number of hydrogen-bond donors (Lipinski definition) is 2. The maximum atomic E-state index is 12.4. The van der Waals surface area contributed by atoms with Gasteiger partial charge in [-0.1, -0.05) is 12.1 Å². The van der Waals surface area contributed by atoms with Gasteiger partial charge >= 0.3 is 6.03 Å². The van der Waals surface area contributed by atoms with E-state index < -0.39 is 0 Å². The van der Waals surface area contributed by atoms with Crippen molar-refractivity contribution in [3.63, 3.8) is 0 Å². The molecule has 0 spiro atoms. The average molecular weight is 369 g/mol. The number of benzene rings is 2. The summed E-state index contributed by atoms with van der Waals surface area (Å²) in [6.45, 7) is 2.36. The van der Waals surface area contributed by atoms with Crippen molar-refractivity contribution in [3.8, 4) is 11.5 Å². The van der Waals surface area contributed by atoms with Crippen molar-refractivity contribution in [1.82, 2.24) is 5.32 Å². The van der Waals surface area contributed by atoms with E-state index >= 15 is 0 Å². The molecule has 7 heteroatoms. The molecule has 2 N–H and O–H groups in total. The number of ether oxygens (including phenoxy) is 2. The Kier molecular flexibility index (Phi) is 5.49. The van der Waals surface area contributed by atoms with Crippen LogP contribution in [0.25, 0.3) is 0 Å². The highest BCUT2D eigenvalue weighted by molar-refractivity contribution is 5.98. The standard InChI is InChI=1S/C20H23N3O4/c1-13-5-4-6-14(9-13)21-20(25)22-15-10-19(24)23(12-15)16-7-8-17(26-2)18(11-16)27-3/h4-9,11,15H,10,12H2,1-3H3,(H2,21,22,25)/t15-/m0/s1. The quantitative estimate of drug-likeness (QED) is 0.849. The van der Waals surface area contributed by atoms with Crippen LogP contribution < -0.4 is 25.0 Å². The van der Waals surface area contributed by atoms with E-state index in [0.29, 0.717) is 29.4 Å². The maximum Gasteiger partial charge on any atom is 0.319 e. The van der Waals surface area contributed by atoms with Gasteiger partial charge in [0, 0.05) is 30.4 Å². The second-order valence-corrected chi connectivity index (χ2v) is 6.41. The molecule has 3 rings (SSSR count). The molecule has 0 bridgehead atoms. The van der Waals surface area contributed by atoms with Crippen LogP contribution in [0, 0.1) is 6.92 Å². The summed E-state index contributed by atoms with van der Waals surface area (Å²) in [6, 6.07) is 12.3. The summed E-state index contributed by atoms with van der Waals surface area (Å²) in [5, 5.41) is 5.66. The predicted octanol–water partition coefficient (Wildman–Crippen LogP) is 2.94. The number of aryl methyl sites for hydroxylation is 1. The van der Waals surface area contributed by atoms with E-state index in [9.17, 15) is 9.59 Å². The zero-order valence-corrected chi connectivity index (χ0v) is 15.6. The second kappa shape index (κ2) is 7.99. The third kappa shape index (κ3) is 4.31. The summed E-state index contributed by atoms with van der Waals surface area (Å²) < 4.78 is 10.5. The molecule has 27 heavy (non-hydrogen) atoms. The van der Waals surface area contributed by atoms with Gasteiger partial charge in [-0.2, -0.15) is 0 Å². The van der Waals surface area contributed by atoms with E-state index in [1.807, 2.05) is 31.2 Å². The van der Waals surface area contributed by atoms with Crippen molar-refractivity contribution < 1.29 is 19.1 Å². The summed E-state index contributed by atoms with van der Waals surface area (Å²) in [5.41, 5.74) is 2.48. The molecule has 1 heterocycles. The normalized spacial score (nSPS) is 16.2. The number of rotatable bonds is 5. The molecule has 0 unspecified atom stereocenters. The number of amides is 3. The first kappa shape index (κ1) is 18.6. The maximum absolute atomic E-state index is 12.4. The van der Waals surface area contributed by atoms with Gasteiger partial charge in [0.1, 0.15) is 0 Å². The Morgan fingerprint density at radius 2 is 1.89 bits per heavy atom. The minimum atomic E-state index is -0.326. The molecule has 1 aliphatic rings. The van der Waals surface area contributed by atoms with Crippen LogP contribution in [0.15, 0.2) is 42.5 Å². The molecule has 0 aromatic heterocycles. The van der Waals surface area contributed by atoms with E-state index in [2.05, 4.69) is 10.6 Å². The van der Waals surface area contributed by atoms with Crippen LogP contribution in [0.4, 0.5) is 16.2 Å². The van der Waals surface area contributed by atoms with Gasteiger partial charge in [0.15, 0.2) is 11.5 Å². The van der Waals surface area contributed by atoms with Crippen LogP contribution in [0.3, 0.4) is 0 Å². The molecule has 1 saturated heterocycles. The fourth-order valence-electron chi connectivity index (χ4n) is 3.12. The van der Waals surface area contributed by atoms with Crippen molar-refractivity contribution in [2.45, 2.75) is 19.4 Å². The summed E-state index contributed by atoms with van der Waals surface area (Å²) >= 11 is 0. The molecule has 1 aliphatic heterocycles. The van der Waals surface area contributed by atoms with Gasteiger partial charge in [-0.05, 0) is 36.8 Å². The van der Waals surface area contributed by atoms with Crippen molar-refractivity contribution in [1.29, 1.82) is 0 Å². The molecule has 0 radical (unpaired) electrons. The monoisotopic (exact) mass is 369 g/mol. The first-order valence-corrected chi connectivity index (χ1v) is 8.66. The Morgan fingerprint density at radius 1 is 1.11 bits per heavy atom. The number of hydrogen-bond acceptors (Lipinski definition) is 4. The molecule has 142 valence electrons. The van der Waals surface area contributed by atoms with Gasteiger partial charge in [-0.25, -0.2) is 4.79 Å². The highest BCUT2D eigenvalue weighted by Crippen LogP contribution is 2.33. The number of carbonyl (C=O) groups is 2. The summed E-state index contributed by atoms with van der Waals surface area (Å²) in [6.07, 6.45) is 0.246. The third-order valence-corrected chi connectivity index (χ3v) is 4.41. The third-order valence-electron chi connectivity index (χ3n) is 4.41. The van der Waals surface area contributed by atoms with Crippen LogP contribution in [0.5, 0.6) is 11.5 Å². The molecular formula is C20H23N3O4. The first-order chi connectivity index (χ1) is 13.0. The Hall–Kier alpha value is -3.22. The lowest BCUT2D eigenvalue weighted by atomic mass is 10.2. The molecule has 1 atom stereocenters. The van der Waals surface area contributed by atoms with Crippen molar-refractivity contribution >= 4 is 23.3 Å².